The molecule has 4 amide bonds. The van der Waals surface area contributed by atoms with E-state index >= 15 is 0 Å². The number of rotatable bonds is 6. The van der Waals surface area contributed by atoms with Crippen LogP contribution in [0, 0.1) is 5.92 Å². The van der Waals surface area contributed by atoms with Gasteiger partial charge in [-0.15, -0.1) is 0 Å². The highest BCUT2D eigenvalue weighted by atomic mass is 35.5. The number of alkyl carbamates (subject to hydrolysis) is 1. The molecular formula is C39H50ClN5O8S. The highest BCUT2D eigenvalue weighted by Crippen LogP contribution is 2.46. The van der Waals surface area contributed by atoms with Gasteiger partial charge in [0.05, 0.1) is 17.3 Å². The number of sulfonamides is 1. The smallest absolute Gasteiger partial charge is 0.408 e. The minimum atomic E-state index is -3.88. The molecule has 13 nitrogen and oxygen atoms in total. The Morgan fingerprint density at radius 1 is 1.04 bits per heavy atom. The average Bonchev–Trinajstić information content (AvgIpc) is 4.03. The standard InChI is InChI=1S/C39H50ClN5O8S/c1-38(2,3)53-37(49)42-31-14-8-6-4-5-7-11-23-21-39(23,36(48)44-54(50,51)26-16-17-26)43-33(46)32-20-25(22-45(32)35(31)47)52-34-28-13-10-9-12-27(28)29-19-24(40)15-18-30(29)41-34/h7,11,15,18-19,23,25-26,31-32H,4-6,8-10,12-14,16-17,20-22H2,1-3H3,(H,42,49)(H,43,46)(H,44,48)/t23-,25-,31+,32+,39-/m1/s1. The van der Waals surface area contributed by atoms with E-state index in [-0.39, 0.29) is 19.4 Å². The maximum Gasteiger partial charge on any atom is 0.408 e. The summed E-state index contributed by atoms with van der Waals surface area (Å²) in [6.07, 6.45) is 10.5. The van der Waals surface area contributed by atoms with Gasteiger partial charge in [0, 0.05) is 28.3 Å². The first kappa shape index (κ1) is 38.4. The molecule has 3 aliphatic carbocycles. The molecule has 1 saturated heterocycles. The van der Waals surface area contributed by atoms with E-state index in [9.17, 15) is 27.6 Å². The first-order chi connectivity index (χ1) is 25.6. The molecule has 1 aromatic carbocycles. The van der Waals surface area contributed by atoms with Gasteiger partial charge in [0.1, 0.15) is 29.3 Å². The molecule has 2 aliphatic heterocycles. The molecule has 3 heterocycles. The predicted molar refractivity (Wildman–Crippen MR) is 202 cm³/mol. The Labute approximate surface area is 321 Å². The van der Waals surface area contributed by atoms with E-state index in [1.807, 2.05) is 24.3 Å². The molecule has 2 aromatic rings. The number of nitrogens with one attached hydrogen (secondary N) is 3. The molecule has 0 radical (unpaired) electrons. The zero-order valence-corrected chi connectivity index (χ0v) is 32.7. The number of carbonyl (C=O) groups is 4. The van der Waals surface area contributed by atoms with E-state index in [1.165, 1.54) is 4.90 Å². The van der Waals surface area contributed by atoms with Crippen LogP contribution >= 0.6 is 11.6 Å². The number of carbonyl (C=O) groups excluding carboxylic acids is 4. The van der Waals surface area contributed by atoms with Gasteiger partial charge in [0.15, 0.2) is 0 Å². The topological polar surface area (TPSA) is 173 Å². The van der Waals surface area contributed by atoms with E-state index in [0.29, 0.717) is 43.0 Å². The number of nitrogens with zero attached hydrogens (tertiary/aromatic N) is 2. The fourth-order valence-electron chi connectivity index (χ4n) is 8.02. The van der Waals surface area contributed by atoms with Crippen molar-refractivity contribution in [2.75, 3.05) is 6.54 Å². The Balaban J connectivity index is 1.21. The van der Waals surface area contributed by atoms with E-state index in [0.717, 1.165) is 60.6 Å². The largest absolute Gasteiger partial charge is 0.472 e. The first-order valence-corrected chi connectivity index (χ1v) is 21.2. The van der Waals surface area contributed by atoms with Crippen molar-refractivity contribution in [3.63, 3.8) is 0 Å². The van der Waals surface area contributed by atoms with Crippen LogP contribution in [0.5, 0.6) is 5.88 Å². The lowest BCUT2D eigenvalue weighted by Crippen LogP contribution is -2.58. The van der Waals surface area contributed by atoms with E-state index in [1.54, 1.807) is 26.8 Å². The Bertz CT molecular complexity index is 1980. The van der Waals surface area contributed by atoms with E-state index in [2.05, 4.69) is 15.4 Å². The van der Waals surface area contributed by atoms with Crippen molar-refractivity contribution in [2.24, 2.45) is 5.92 Å². The van der Waals surface area contributed by atoms with Gasteiger partial charge in [-0.25, -0.2) is 18.2 Å². The summed E-state index contributed by atoms with van der Waals surface area (Å²) in [7, 11) is -3.88. The zero-order chi connectivity index (χ0) is 38.4. The normalized spacial score (nSPS) is 27.7. The van der Waals surface area contributed by atoms with Crippen molar-refractivity contribution in [2.45, 2.75) is 139 Å². The second-order valence-corrected chi connectivity index (χ2v) is 18.8. The van der Waals surface area contributed by atoms with Crippen LogP contribution in [0.2, 0.25) is 5.02 Å². The maximum atomic E-state index is 14.5. The third-order valence-electron chi connectivity index (χ3n) is 11.0. The van der Waals surface area contributed by atoms with Crippen molar-refractivity contribution >= 4 is 56.3 Å². The number of amides is 4. The number of aryl methyl sites for hydroxylation is 1. The molecule has 15 heteroatoms. The summed E-state index contributed by atoms with van der Waals surface area (Å²) in [5, 5.41) is 6.65. The number of allylic oxidation sites excluding steroid dienone is 1. The molecule has 1 aromatic heterocycles. The molecule has 0 bridgehead atoms. The van der Waals surface area contributed by atoms with Crippen molar-refractivity contribution < 1.29 is 37.1 Å². The first-order valence-electron chi connectivity index (χ1n) is 19.3. The lowest BCUT2D eigenvalue weighted by Gasteiger charge is -2.30. The summed E-state index contributed by atoms with van der Waals surface area (Å²) in [6, 6.07) is 3.50. The molecule has 0 spiro atoms. The summed E-state index contributed by atoms with van der Waals surface area (Å²) >= 11 is 6.37. The van der Waals surface area contributed by atoms with E-state index < -0.39 is 74.3 Å². The fourth-order valence-corrected chi connectivity index (χ4v) is 9.55. The highest BCUT2D eigenvalue weighted by molar-refractivity contribution is 7.91. The van der Waals surface area contributed by atoms with Crippen molar-refractivity contribution in [3.05, 3.63) is 46.5 Å². The van der Waals surface area contributed by atoms with Crippen molar-refractivity contribution in [1.29, 1.82) is 0 Å². The minimum absolute atomic E-state index is 0.0249. The molecule has 7 rings (SSSR count). The van der Waals surface area contributed by atoms with Crippen LogP contribution < -0.4 is 20.1 Å². The van der Waals surface area contributed by atoms with Crippen molar-refractivity contribution in [1.82, 2.24) is 25.2 Å². The number of pyridine rings is 1. The highest BCUT2D eigenvalue weighted by Gasteiger charge is 2.62. The minimum Gasteiger partial charge on any atom is -0.472 e. The Morgan fingerprint density at radius 3 is 2.54 bits per heavy atom. The number of halogens is 1. The maximum absolute atomic E-state index is 14.5. The van der Waals surface area contributed by atoms with Gasteiger partial charge in [-0.1, -0.05) is 36.6 Å². The van der Waals surface area contributed by atoms with Crippen LogP contribution in [0.25, 0.3) is 10.9 Å². The molecule has 5 aliphatic rings. The lowest BCUT2D eigenvalue weighted by molar-refractivity contribution is -0.141. The molecule has 292 valence electrons. The molecular weight excluding hydrogens is 734 g/mol. The van der Waals surface area contributed by atoms with Gasteiger partial charge in [-0.2, -0.15) is 0 Å². The Kier molecular flexibility index (Phi) is 10.6. The van der Waals surface area contributed by atoms with E-state index in [4.69, 9.17) is 26.1 Å². The number of benzene rings is 1. The van der Waals surface area contributed by atoms with Gasteiger partial charge in [-0.3, -0.25) is 19.1 Å². The van der Waals surface area contributed by atoms with Gasteiger partial charge in [0.2, 0.25) is 27.7 Å². The summed E-state index contributed by atoms with van der Waals surface area (Å²) in [4.78, 5) is 62.1. The lowest BCUT2D eigenvalue weighted by atomic mass is 9.89. The number of hydrogen-bond donors (Lipinski definition) is 3. The predicted octanol–water partition coefficient (Wildman–Crippen LogP) is 5.01. The second kappa shape index (κ2) is 15.0. The SMILES string of the molecule is CC(C)(C)OC(=O)N[C@H]1CCCCCC=C[C@@H]2C[C@@]2(C(=O)NS(=O)(=O)C2CC2)NC(=O)[C@@H]2C[C@@H](Oc3nc4ccc(Cl)cc4c4c3CCCC4)CN2C1=O. The summed E-state index contributed by atoms with van der Waals surface area (Å²) in [5.41, 5.74) is 0.571. The number of fused-ring (bicyclic) bond motifs is 5. The van der Waals surface area contributed by atoms with Crippen LogP contribution in [0.3, 0.4) is 0 Å². The third-order valence-corrected chi connectivity index (χ3v) is 13.1. The fraction of sp³-hybridized carbons (Fsp3) is 0.615. The zero-order valence-electron chi connectivity index (χ0n) is 31.1. The van der Waals surface area contributed by atoms with Crippen LogP contribution in [0.1, 0.15) is 103 Å². The Hall–Kier alpha value is -3.91. The summed E-state index contributed by atoms with van der Waals surface area (Å²) < 4.78 is 40.1. The van der Waals surface area contributed by atoms with Gasteiger partial charge in [0.25, 0.3) is 5.91 Å². The van der Waals surface area contributed by atoms with Crippen LogP contribution in [0.4, 0.5) is 4.79 Å². The van der Waals surface area contributed by atoms with Crippen LogP contribution in [-0.4, -0.2) is 83.2 Å². The summed E-state index contributed by atoms with van der Waals surface area (Å²) in [5.74, 6) is -1.80. The van der Waals surface area contributed by atoms with Gasteiger partial charge < -0.3 is 25.0 Å². The molecule has 3 fully saturated rings. The van der Waals surface area contributed by atoms with Crippen LogP contribution in [-0.2, 0) is 42.0 Å². The van der Waals surface area contributed by atoms with Crippen LogP contribution in [0.15, 0.2) is 30.4 Å². The molecule has 0 unspecified atom stereocenters. The summed E-state index contributed by atoms with van der Waals surface area (Å²) in [6.45, 7) is 5.24. The van der Waals surface area contributed by atoms with Gasteiger partial charge >= 0.3 is 6.09 Å². The molecule has 5 atom stereocenters. The number of hydrogen-bond acceptors (Lipinski definition) is 9. The third kappa shape index (κ3) is 8.34. The quantitative estimate of drug-likeness (QED) is 0.341. The molecule has 54 heavy (non-hydrogen) atoms. The molecule has 3 N–H and O–H groups in total. The second-order valence-electron chi connectivity index (χ2n) is 16.4. The number of aromatic nitrogens is 1. The monoisotopic (exact) mass is 783 g/mol. The number of ether oxygens (including phenoxy) is 2. The average molecular weight is 784 g/mol. The molecule has 2 saturated carbocycles. The Morgan fingerprint density at radius 2 is 1.80 bits per heavy atom. The van der Waals surface area contributed by atoms with Gasteiger partial charge in [-0.05, 0) is 109 Å². The van der Waals surface area contributed by atoms with Crippen molar-refractivity contribution in [3.8, 4) is 5.88 Å².